The van der Waals surface area contributed by atoms with E-state index in [1.807, 2.05) is 0 Å². The molecule has 1 aromatic rings. The van der Waals surface area contributed by atoms with Crippen LogP contribution >= 0.6 is 0 Å². The lowest BCUT2D eigenvalue weighted by Gasteiger charge is -2.32. The average molecular weight is 273 g/mol. The van der Waals surface area contributed by atoms with Crippen LogP contribution in [0.1, 0.15) is 23.2 Å². The Morgan fingerprint density at radius 1 is 1.26 bits per heavy atom. The molecule has 2 rings (SSSR count). The lowest BCUT2D eigenvalue weighted by Crippen LogP contribution is -2.41. The summed E-state index contributed by atoms with van der Waals surface area (Å²) in [6, 6.07) is 0.950. The van der Waals surface area contributed by atoms with Crippen LogP contribution in [0.15, 0.2) is 12.1 Å². The van der Waals surface area contributed by atoms with E-state index in [2.05, 4.69) is 0 Å². The fraction of sp³-hybridized carbons (Fsp3) is 0.462. The molecule has 1 N–H and O–H groups in total. The molecular weight excluding hydrogens is 259 g/mol. The largest absolute Gasteiger partial charge is 0.396 e. The van der Waals surface area contributed by atoms with E-state index in [-0.39, 0.29) is 12.5 Å². The molecule has 0 aliphatic carbocycles. The normalized spacial score (nSPS) is 19.6. The van der Waals surface area contributed by atoms with Gasteiger partial charge in [-0.15, -0.1) is 0 Å². The highest BCUT2D eigenvalue weighted by molar-refractivity contribution is 5.94. The number of piperidine rings is 1. The van der Waals surface area contributed by atoms with Gasteiger partial charge in [0.25, 0.3) is 5.91 Å². The van der Waals surface area contributed by atoms with Gasteiger partial charge in [0, 0.05) is 25.8 Å². The van der Waals surface area contributed by atoms with Crippen molar-refractivity contribution in [3.63, 3.8) is 0 Å². The number of likely N-dealkylation sites (tertiary alicyclic amines) is 1. The second-order valence-corrected chi connectivity index (χ2v) is 4.69. The maximum atomic E-state index is 13.5. The molecule has 6 heteroatoms. The van der Waals surface area contributed by atoms with Gasteiger partial charge in [0.2, 0.25) is 0 Å². The number of carbonyl (C=O) groups excluding carboxylic acids is 1. The van der Waals surface area contributed by atoms with Crippen molar-refractivity contribution in [3.8, 4) is 0 Å². The Kier molecular flexibility index (Phi) is 4.09. The molecule has 1 amide bonds. The average Bonchev–Trinajstić information content (AvgIpc) is 2.42. The smallest absolute Gasteiger partial charge is 0.256 e. The number of halogens is 3. The number of carbonyl (C=O) groups is 1. The van der Waals surface area contributed by atoms with Gasteiger partial charge in [-0.2, -0.15) is 0 Å². The Labute approximate surface area is 108 Å². The number of aliphatic hydroxyl groups is 1. The van der Waals surface area contributed by atoms with Crippen molar-refractivity contribution < 1.29 is 23.1 Å². The summed E-state index contributed by atoms with van der Waals surface area (Å²) in [5.41, 5.74) is -0.475. The zero-order chi connectivity index (χ0) is 14.0. The number of nitrogens with zero attached hydrogens (tertiary/aromatic N) is 1. The van der Waals surface area contributed by atoms with Crippen molar-refractivity contribution in [2.75, 3.05) is 19.7 Å². The number of hydrogen-bond donors (Lipinski definition) is 1. The highest BCUT2D eigenvalue weighted by Gasteiger charge is 2.26. The molecule has 19 heavy (non-hydrogen) atoms. The van der Waals surface area contributed by atoms with Crippen molar-refractivity contribution >= 4 is 5.91 Å². The summed E-state index contributed by atoms with van der Waals surface area (Å²) in [5.74, 6) is -4.36. The Morgan fingerprint density at radius 2 is 1.95 bits per heavy atom. The van der Waals surface area contributed by atoms with Crippen LogP contribution in [0.25, 0.3) is 0 Å². The molecule has 1 aromatic carbocycles. The van der Waals surface area contributed by atoms with Crippen molar-refractivity contribution in [3.05, 3.63) is 35.1 Å². The molecule has 0 radical (unpaired) electrons. The van der Waals surface area contributed by atoms with Crippen LogP contribution in [-0.2, 0) is 0 Å². The van der Waals surface area contributed by atoms with Gasteiger partial charge in [-0.3, -0.25) is 4.79 Å². The first kappa shape index (κ1) is 13.9. The first-order chi connectivity index (χ1) is 9.02. The van der Waals surface area contributed by atoms with Crippen LogP contribution in [0, 0.1) is 23.4 Å². The highest BCUT2D eigenvalue weighted by Crippen LogP contribution is 2.20. The van der Waals surface area contributed by atoms with E-state index in [0.717, 1.165) is 6.42 Å². The van der Waals surface area contributed by atoms with Crippen LogP contribution in [0.3, 0.4) is 0 Å². The molecule has 0 saturated carbocycles. The molecule has 1 saturated heterocycles. The second-order valence-electron chi connectivity index (χ2n) is 4.69. The van der Waals surface area contributed by atoms with Gasteiger partial charge in [-0.05, 0) is 24.8 Å². The number of hydrogen-bond acceptors (Lipinski definition) is 2. The quantitative estimate of drug-likeness (QED) is 0.837. The first-order valence-electron chi connectivity index (χ1n) is 6.07. The maximum Gasteiger partial charge on any atom is 0.256 e. The third kappa shape index (κ3) is 2.89. The van der Waals surface area contributed by atoms with E-state index in [1.54, 1.807) is 0 Å². The van der Waals surface area contributed by atoms with Gasteiger partial charge in [0.15, 0.2) is 11.6 Å². The molecule has 0 bridgehead atoms. The van der Waals surface area contributed by atoms with E-state index in [4.69, 9.17) is 5.11 Å². The minimum atomic E-state index is -1.32. The molecule has 3 nitrogen and oxygen atoms in total. The fourth-order valence-corrected chi connectivity index (χ4v) is 2.26. The summed E-state index contributed by atoms with van der Waals surface area (Å²) in [6.45, 7) is 0.672. The van der Waals surface area contributed by atoms with Gasteiger partial charge in [0.1, 0.15) is 5.82 Å². The van der Waals surface area contributed by atoms with Crippen molar-refractivity contribution in [1.82, 2.24) is 4.90 Å². The first-order valence-corrected chi connectivity index (χ1v) is 6.07. The van der Waals surface area contributed by atoms with Crippen LogP contribution < -0.4 is 0 Å². The SMILES string of the molecule is O=C(c1cc(F)c(F)cc1F)N1CCCC(CO)C1. The number of aliphatic hydroxyl groups excluding tert-OH is 1. The monoisotopic (exact) mass is 273 g/mol. The van der Waals surface area contributed by atoms with Gasteiger partial charge in [-0.25, -0.2) is 13.2 Å². The Balaban J connectivity index is 2.22. The summed E-state index contributed by atoms with van der Waals surface area (Å²) in [5, 5.41) is 9.07. The molecule has 1 aliphatic rings. The lowest BCUT2D eigenvalue weighted by atomic mass is 9.98. The number of amides is 1. The zero-order valence-corrected chi connectivity index (χ0v) is 10.2. The maximum absolute atomic E-state index is 13.5. The Morgan fingerprint density at radius 3 is 2.63 bits per heavy atom. The topological polar surface area (TPSA) is 40.5 Å². The van der Waals surface area contributed by atoms with Crippen LogP contribution in [-0.4, -0.2) is 35.6 Å². The third-order valence-electron chi connectivity index (χ3n) is 3.30. The summed E-state index contributed by atoms with van der Waals surface area (Å²) in [7, 11) is 0. The Bertz CT molecular complexity index is 493. The summed E-state index contributed by atoms with van der Waals surface area (Å²) in [6.07, 6.45) is 1.49. The minimum Gasteiger partial charge on any atom is -0.396 e. The number of benzene rings is 1. The predicted molar refractivity (Wildman–Crippen MR) is 62.0 cm³/mol. The van der Waals surface area contributed by atoms with E-state index in [0.29, 0.717) is 31.6 Å². The van der Waals surface area contributed by atoms with Gasteiger partial charge < -0.3 is 10.0 Å². The van der Waals surface area contributed by atoms with Crippen molar-refractivity contribution in [1.29, 1.82) is 0 Å². The van der Waals surface area contributed by atoms with Gasteiger partial charge in [0.05, 0.1) is 5.56 Å². The van der Waals surface area contributed by atoms with E-state index >= 15 is 0 Å². The van der Waals surface area contributed by atoms with Gasteiger partial charge >= 0.3 is 0 Å². The minimum absolute atomic E-state index is 0.0499. The third-order valence-corrected chi connectivity index (χ3v) is 3.30. The summed E-state index contributed by atoms with van der Waals surface area (Å²) in [4.78, 5) is 13.4. The van der Waals surface area contributed by atoms with Crippen LogP contribution in [0.2, 0.25) is 0 Å². The van der Waals surface area contributed by atoms with Crippen LogP contribution in [0.4, 0.5) is 13.2 Å². The van der Waals surface area contributed by atoms with Crippen molar-refractivity contribution in [2.24, 2.45) is 5.92 Å². The summed E-state index contributed by atoms with van der Waals surface area (Å²) < 4.78 is 39.4. The van der Waals surface area contributed by atoms with E-state index in [1.165, 1.54) is 4.90 Å². The predicted octanol–water partition coefficient (Wildman–Crippen LogP) is 1.95. The molecule has 104 valence electrons. The zero-order valence-electron chi connectivity index (χ0n) is 10.2. The van der Waals surface area contributed by atoms with Gasteiger partial charge in [-0.1, -0.05) is 0 Å². The molecule has 1 unspecified atom stereocenters. The fourth-order valence-electron chi connectivity index (χ4n) is 2.26. The molecule has 0 aromatic heterocycles. The lowest BCUT2D eigenvalue weighted by molar-refractivity contribution is 0.0615. The molecule has 1 aliphatic heterocycles. The standard InChI is InChI=1S/C13H14F3NO2/c14-10-5-12(16)11(15)4-9(10)13(19)17-3-1-2-8(6-17)7-18/h4-5,8,18H,1-3,6-7H2. The molecule has 1 fully saturated rings. The Hall–Kier alpha value is -1.56. The van der Waals surface area contributed by atoms with E-state index in [9.17, 15) is 18.0 Å². The molecule has 1 heterocycles. The second kappa shape index (κ2) is 5.61. The summed E-state index contributed by atoms with van der Waals surface area (Å²) >= 11 is 0. The number of rotatable bonds is 2. The van der Waals surface area contributed by atoms with E-state index < -0.39 is 28.9 Å². The van der Waals surface area contributed by atoms with Crippen molar-refractivity contribution in [2.45, 2.75) is 12.8 Å². The highest BCUT2D eigenvalue weighted by atomic mass is 19.2. The molecular formula is C13H14F3NO2. The molecule has 1 atom stereocenters. The van der Waals surface area contributed by atoms with Crippen LogP contribution in [0.5, 0.6) is 0 Å². The molecule has 0 spiro atoms.